The van der Waals surface area contributed by atoms with Crippen molar-refractivity contribution in [1.29, 1.82) is 0 Å². The van der Waals surface area contributed by atoms with Gasteiger partial charge in [0.1, 0.15) is 0 Å². The zero-order valence-corrected chi connectivity index (χ0v) is 14.5. The van der Waals surface area contributed by atoms with Crippen molar-refractivity contribution < 1.29 is 9.90 Å². The Morgan fingerprint density at radius 3 is 2.27 bits per heavy atom. The highest BCUT2D eigenvalue weighted by Crippen LogP contribution is 2.12. The Morgan fingerprint density at radius 2 is 1.73 bits per heavy atom. The number of nitrogens with zero attached hydrogens (tertiary/aromatic N) is 2. The molecule has 0 aliphatic heterocycles. The van der Waals surface area contributed by atoms with E-state index < -0.39 is 5.97 Å². The number of carbonyl (C=O) groups excluding carboxylic acids is 1. The zero-order valence-electron chi connectivity index (χ0n) is 14.5. The molecule has 0 fully saturated rings. The maximum atomic E-state index is 12.7. The molecule has 0 saturated carbocycles. The predicted octanol–water partition coefficient (Wildman–Crippen LogP) is -0.166. The summed E-state index contributed by atoms with van der Waals surface area (Å²) in [7, 11) is 3.92. The maximum Gasteiger partial charge on any atom is 0.279 e. The van der Waals surface area contributed by atoms with Crippen LogP contribution in [-0.4, -0.2) is 29.8 Å². The van der Waals surface area contributed by atoms with E-state index in [4.69, 9.17) is 0 Å². The molecule has 0 bridgehead atoms. The molecule has 0 aliphatic rings. The fraction of sp³-hybridized carbons (Fsp3) is 0.100. The molecule has 3 aromatic rings. The highest BCUT2D eigenvalue weighted by atomic mass is 16.4. The molecule has 0 unspecified atom stereocenters. The molecule has 2 aromatic carbocycles. The van der Waals surface area contributed by atoms with Crippen molar-refractivity contribution in [3.63, 3.8) is 0 Å². The van der Waals surface area contributed by atoms with E-state index in [0.29, 0.717) is 16.3 Å². The lowest BCUT2D eigenvalue weighted by atomic mass is 10.1. The van der Waals surface area contributed by atoms with E-state index in [-0.39, 0.29) is 11.1 Å². The van der Waals surface area contributed by atoms with Gasteiger partial charge in [-0.2, -0.15) is 0 Å². The fourth-order valence-electron chi connectivity index (χ4n) is 2.61. The van der Waals surface area contributed by atoms with Gasteiger partial charge in [0.2, 0.25) is 0 Å². The smallest absolute Gasteiger partial charge is 0.279 e. The van der Waals surface area contributed by atoms with Crippen LogP contribution in [0.25, 0.3) is 18.3 Å². The van der Waals surface area contributed by atoms with Crippen LogP contribution >= 0.6 is 0 Å². The summed E-state index contributed by atoms with van der Waals surface area (Å²) in [6, 6.07) is 13.7. The Bertz CT molecular complexity index is 1110. The first-order chi connectivity index (χ1) is 12.4. The number of hydrogen-bond acceptors (Lipinski definition) is 4. The number of nitrogens with one attached hydrogen (secondary N) is 1. The lowest BCUT2D eigenvalue weighted by Crippen LogP contribution is -2.34. The van der Waals surface area contributed by atoms with Crippen molar-refractivity contribution in [2.45, 2.75) is 0 Å². The second kappa shape index (κ2) is 6.76. The summed E-state index contributed by atoms with van der Waals surface area (Å²) in [6.45, 7) is 3.90. The molecule has 0 aliphatic carbocycles. The van der Waals surface area contributed by atoms with Gasteiger partial charge in [0.25, 0.3) is 5.56 Å². The number of H-pyrrole nitrogens is 1. The topological polar surface area (TPSA) is 81.2 Å². The third-order valence-corrected chi connectivity index (χ3v) is 4.09. The number of carbonyl (C=O) groups is 1. The highest BCUT2D eigenvalue weighted by Gasteiger charge is 2.05. The van der Waals surface area contributed by atoms with Gasteiger partial charge in [-0.3, -0.25) is 9.89 Å². The summed E-state index contributed by atoms with van der Waals surface area (Å²) >= 11 is 0. The molecule has 1 N–H and O–H groups in total. The number of benzene rings is 2. The molecule has 0 atom stereocenters. The highest BCUT2D eigenvalue weighted by molar-refractivity contribution is 5.85. The van der Waals surface area contributed by atoms with Crippen LogP contribution in [0.1, 0.15) is 15.9 Å². The Morgan fingerprint density at radius 1 is 1.12 bits per heavy atom. The van der Waals surface area contributed by atoms with Gasteiger partial charge in [0.15, 0.2) is 0 Å². The van der Waals surface area contributed by atoms with E-state index >= 15 is 0 Å². The van der Waals surface area contributed by atoms with Gasteiger partial charge >= 0.3 is 0 Å². The lowest BCUT2D eigenvalue weighted by Gasteiger charge is -2.11. The Kier molecular flexibility index (Phi) is 4.49. The summed E-state index contributed by atoms with van der Waals surface area (Å²) < 4.78 is 1.33. The van der Waals surface area contributed by atoms with Crippen LogP contribution in [0.2, 0.25) is 0 Å². The van der Waals surface area contributed by atoms with Crippen LogP contribution < -0.4 is 26.1 Å². The molecule has 132 valence electrons. The molecule has 6 nitrogen and oxygen atoms in total. The first kappa shape index (κ1) is 17.3. The number of aromatic nitrogens is 2. The first-order valence-corrected chi connectivity index (χ1v) is 7.97. The Hall–Kier alpha value is -3.54. The van der Waals surface area contributed by atoms with E-state index in [1.807, 2.05) is 43.3 Å². The number of anilines is 1. The van der Waals surface area contributed by atoms with Crippen molar-refractivity contribution in [3.05, 3.63) is 80.6 Å². The van der Waals surface area contributed by atoms with Gasteiger partial charge in [-0.15, -0.1) is 0 Å². The quantitative estimate of drug-likeness (QED) is 0.710. The summed E-state index contributed by atoms with van der Waals surface area (Å²) in [5, 5.41) is 14.7. The summed E-state index contributed by atoms with van der Waals surface area (Å²) in [6.07, 6.45) is 1.77. The molecule has 0 spiro atoms. The summed E-state index contributed by atoms with van der Waals surface area (Å²) in [5.41, 5.74) is 2.27. The number of rotatable bonds is 4. The van der Waals surface area contributed by atoms with Gasteiger partial charge in [-0.1, -0.05) is 30.8 Å². The van der Waals surface area contributed by atoms with Gasteiger partial charge < -0.3 is 14.8 Å². The molecule has 0 radical (unpaired) electrons. The Balaban J connectivity index is 2.04. The normalized spacial score (nSPS) is 11.5. The molecule has 0 amide bonds. The zero-order chi connectivity index (χ0) is 18.8. The molecule has 6 heteroatoms. The SMILES string of the molecule is C=c1[nH]n(-c2ccc(C(=O)[O-])cc2)c(=O)c1=Cc1ccc(N(C)C)cc1. The molecule has 1 heterocycles. The Labute approximate surface area is 149 Å². The van der Waals surface area contributed by atoms with Crippen LogP contribution in [0.3, 0.4) is 0 Å². The number of aromatic amines is 1. The van der Waals surface area contributed by atoms with Crippen molar-refractivity contribution in [3.8, 4) is 5.69 Å². The standard InChI is InChI=1S/C20H19N3O3/c1-13-18(12-14-4-8-16(9-5-14)22(2)3)19(24)23(21-13)17-10-6-15(7-11-17)20(25)26/h4-12,21H,1H2,2-3H3,(H,25,26)/p-1. The molecule has 3 rings (SSSR count). The molecular formula is C20H18N3O3-. The maximum absolute atomic E-state index is 12.7. The first-order valence-electron chi connectivity index (χ1n) is 7.97. The van der Waals surface area contributed by atoms with Crippen LogP contribution in [0, 0.1) is 0 Å². The van der Waals surface area contributed by atoms with E-state index in [1.54, 1.807) is 6.08 Å². The number of carboxylic acid groups (broad SMARTS) is 1. The van der Waals surface area contributed by atoms with Crippen LogP contribution in [0.4, 0.5) is 5.69 Å². The minimum atomic E-state index is -1.26. The largest absolute Gasteiger partial charge is 0.545 e. The third-order valence-electron chi connectivity index (χ3n) is 4.09. The number of aromatic carboxylic acids is 1. The van der Waals surface area contributed by atoms with E-state index in [1.165, 1.54) is 28.9 Å². The van der Waals surface area contributed by atoms with Crippen LogP contribution in [0.5, 0.6) is 0 Å². The average Bonchev–Trinajstić information content (AvgIpc) is 2.90. The minimum Gasteiger partial charge on any atom is -0.545 e. The van der Waals surface area contributed by atoms with E-state index in [0.717, 1.165) is 11.3 Å². The molecule has 0 saturated heterocycles. The number of carboxylic acids is 1. The second-order valence-electron chi connectivity index (χ2n) is 6.11. The van der Waals surface area contributed by atoms with Gasteiger partial charge in [0, 0.05) is 19.8 Å². The minimum absolute atomic E-state index is 0.0518. The van der Waals surface area contributed by atoms with E-state index in [9.17, 15) is 14.7 Å². The predicted molar refractivity (Wildman–Crippen MR) is 99.8 cm³/mol. The second-order valence-corrected chi connectivity index (χ2v) is 6.11. The van der Waals surface area contributed by atoms with Crippen molar-refractivity contribution in [1.82, 2.24) is 9.78 Å². The van der Waals surface area contributed by atoms with Gasteiger partial charge in [-0.25, -0.2) is 4.68 Å². The molecule has 26 heavy (non-hydrogen) atoms. The summed E-state index contributed by atoms with van der Waals surface area (Å²) in [5.74, 6) is -1.26. The van der Waals surface area contributed by atoms with Crippen molar-refractivity contribution in [2.75, 3.05) is 19.0 Å². The van der Waals surface area contributed by atoms with Gasteiger partial charge in [0.05, 0.1) is 22.2 Å². The van der Waals surface area contributed by atoms with Crippen molar-refractivity contribution in [2.24, 2.45) is 0 Å². The number of hydrogen-bond donors (Lipinski definition) is 1. The van der Waals surface area contributed by atoms with E-state index in [2.05, 4.69) is 11.7 Å². The molecule has 1 aromatic heterocycles. The van der Waals surface area contributed by atoms with Crippen molar-refractivity contribution >= 4 is 24.3 Å². The molecular weight excluding hydrogens is 330 g/mol. The summed E-state index contributed by atoms with van der Waals surface area (Å²) in [4.78, 5) is 25.5. The third kappa shape index (κ3) is 3.30. The van der Waals surface area contributed by atoms with Gasteiger partial charge in [-0.05, 0) is 41.5 Å². The average molecular weight is 348 g/mol. The van der Waals surface area contributed by atoms with Crippen LogP contribution in [-0.2, 0) is 0 Å². The fourth-order valence-corrected chi connectivity index (χ4v) is 2.61. The monoisotopic (exact) mass is 348 g/mol. The van der Waals surface area contributed by atoms with Crippen LogP contribution in [0.15, 0.2) is 53.3 Å². The lowest BCUT2D eigenvalue weighted by molar-refractivity contribution is -0.255.